The third-order valence-electron chi connectivity index (χ3n) is 2.34. The standard InChI is InChI=1S/C11H14N2OS/c1-3-9-4-5-10(15-9)11(14)8-6-12-13(2)7-8/h4-7,11,14H,3H2,1-2H3. The molecule has 0 aromatic carbocycles. The number of hydrogen-bond donors (Lipinski definition) is 1. The average molecular weight is 222 g/mol. The fraction of sp³-hybridized carbons (Fsp3) is 0.364. The molecule has 0 spiro atoms. The molecular formula is C11H14N2OS. The van der Waals surface area contributed by atoms with Crippen LogP contribution in [-0.2, 0) is 13.5 Å². The zero-order valence-electron chi connectivity index (χ0n) is 8.84. The Hall–Kier alpha value is -1.13. The van der Waals surface area contributed by atoms with Crippen LogP contribution in [0.25, 0.3) is 0 Å². The highest BCUT2D eigenvalue weighted by molar-refractivity contribution is 7.12. The van der Waals surface area contributed by atoms with Gasteiger partial charge in [-0.15, -0.1) is 11.3 Å². The Morgan fingerprint density at radius 2 is 2.33 bits per heavy atom. The van der Waals surface area contributed by atoms with Crippen LogP contribution in [0.15, 0.2) is 24.5 Å². The zero-order valence-corrected chi connectivity index (χ0v) is 9.66. The molecule has 2 heterocycles. The van der Waals surface area contributed by atoms with Crippen LogP contribution in [0.4, 0.5) is 0 Å². The van der Waals surface area contributed by atoms with E-state index in [1.54, 1.807) is 22.2 Å². The number of nitrogens with zero attached hydrogens (tertiary/aromatic N) is 2. The summed E-state index contributed by atoms with van der Waals surface area (Å²) in [7, 11) is 1.85. The summed E-state index contributed by atoms with van der Waals surface area (Å²) in [5.74, 6) is 0. The molecule has 1 N–H and O–H groups in total. The first-order chi connectivity index (χ1) is 7.20. The molecule has 4 heteroatoms. The van der Waals surface area contributed by atoms with Crippen molar-refractivity contribution in [2.75, 3.05) is 0 Å². The second-order valence-corrected chi connectivity index (χ2v) is 4.71. The van der Waals surface area contributed by atoms with E-state index < -0.39 is 6.10 Å². The predicted octanol–water partition coefficient (Wildman–Crippen LogP) is 2.13. The smallest absolute Gasteiger partial charge is 0.116 e. The van der Waals surface area contributed by atoms with Crippen LogP contribution >= 0.6 is 11.3 Å². The quantitative estimate of drug-likeness (QED) is 0.864. The lowest BCUT2D eigenvalue weighted by Crippen LogP contribution is -1.94. The SMILES string of the molecule is CCc1ccc(C(O)c2cnn(C)c2)s1. The topological polar surface area (TPSA) is 38.1 Å². The molecular weight excluding hydrogens is 208 g/mol. The maximum absolute atomic E-state index is 10.1. The van der Waals surface area contributed by atoms with Gasteiger partial charge in [-0.1, -0.05) is 6.92 Å². The normalized spacial score (nSPS) is 13.0. The van der Waals surface area contributed by atoms with Crippen molar-refractivity contribution in [3.63, 3.8) is 0 Å². The highest BCUT2D eigenvalue weighted by Gasteiger charge is 2.13. The minimum Gasteiger partial charge on any atom is -0.383 e. The maximum atomic E-state index is 10.1. The van der Waals surface area contributed by atoms with Gasteiger partial charge in [-0.2, -0.15) is 5.10 Å². The summed E-state index contributed by atoms with van der Waals surface area (Å²) in [6, 6.07) is 4.06. The minimum atomic E-state index is -0.538. The van der Waals surface area contributed by atoms with Crippen LogP contribution in [0.1, 0.15) is 28.3 Å². The van der Waals surface area contributed by atoms with E-state index in [0.717, 1.165) is 16.9 Å². The zero-order chi connectivity index (χ0) is 10.8. The molecule has 0 radical (unpaired) electrons. The van der Waals surface area contributed by atoms with Gasteiger partial charge in [0.2, 0.25) is 0 Å². The number of aliphatic hydroxyl groups is 1. The van der Waals surface area contributed by atoms with Crippen molar-refractivity contribution >= 4 is 11.3 Å². The number of hydrogen-bond acceptors (Lipinski definition) is 3. The van der Waals surface area contributed by atoms with Crippen molar-refractivity contribution in [3.8, 4) is 0 Å². The van der Waals surface area contributed by atoms with Gasteiger partial charge in [0.25, 0.3) is 0 Å². The molecule has 15 heavy (non-hydrogen) atoms. The molecule has 0 saturated carbocycles. The first-order valence-electron chi connectivity index (χ1n) is 4.96. The van der Waals surface area contributed by atoms with Gasteiger partial charge in [0.1, 0.15) is 6.10 Å². The van der Waals surface area contributed by atoms with Crippen LogP contribution in [-0.4, -0.2) is 14.9 Å². The molecule has 3 nitrogen and oxygen atoms in total. The molecule has 1 atom stereocenters. The number of rotatable bonds is 3. The molecule has 0 aliphatic rings. The van der Waals surface area contributed by atoms with Crippen molar-refractivity contribution in [3.05, 3.63) is 39.8 Å². The van der Waals surface area contributed by atoms with E-state index in [0.29, 0.717) is 0 Å². The Morgan fingerprint density at radius 3 is 2.87 bits per heavy atom. The van der Waals surface area contributed by atoms with Gasteiger partial charge in [-0.05, 0) is 18.6 Å². The molecule has 80 valence electrons. The largest absolute Gasteiger partial charge is 0.383 e. The van der Waals surface area contributed by atoms with E-state index in [1.165, 1.54) is 4.88 Å². The average Bonchev–Trinajstić information content (AvgIpc) is 2.84. The summed E-state index contributed by atoms with van der Waals surface area (Å²) in [5, 5.41) is 14.1. The third-order valence-corrected chi connectivity index (χ3v) is 3.62. The maximum Gasteiger partial charge on any atom is 0.116 e. The van der Waals surface area contributed by atoms with Crippen LogP contribution < -0.4 is 0 Å². The Morgan fingerprint density at radius 1 is 1.53 bits per heavy atom. The van der Waals surface area contributed by atoms with E-state index >= 15 is 0 Å². The molecule has 2 aromatic rings. The summed E-state index contributed by atoms with van der Waals surface area (Å²) >= 11 is 1.66. The Bertz CT molecular complexity index is 447. The van der Waals surface area contributed by atoms with E-state index in [1.807, 2.05) is 19.3 Å². The second kappa shape index (κ2) is 4.16. The van der Waals surface area contributed by atoms with Gasteiger partial charge in [0.05, 0.1) is 6.20 Å². The first kappa shape index (κ1) is 10.4. The van der Waals surface area contributed by atoms with Gasteiger partial charge >= 0.3 is 0 Å². The molecule has 2 aromatic heterocycles. The predicted molar refractivity (Wildman–Crippen MR) is 61.0 cm³/mol. The Kier molecular flexibility index (Phi) is 2.88. The van der Waals surface area contributed by atoms with E-state index in [2.05, 4.69) is 18.1 Å². The summed E-state index contributed by atoms with van der Waals surface area (Å²) in [5.41, 5.74) is 0.849. The first-order valence-corrected chi connectivity index (χ1v) is 5.77. The van der Waals surface area contributed by atoms with Gasteiger partial charge in [-0.25, -0.2) is 0 Å². The van der Waals surface area contributed by atoms with Gasteiger partial charge < -0.3 is 5.11 Å². The number of aliphatic hydroxyl groups excluding tert-OH is 1. The summed E-state index contributed by atoms with van der Waals surface area (Å²) in [6.45, 7) is 2.12. The van der Waals surface area contributed by atoms with E-state index in [9.17, 15) is 5.11 Å². The molecule has 1 unspecified atom stereocenters. The lowest BCUT2D eigenvalue weighted by molar-refractivity contribution is 0.224. The lowest BCUT2D eigenvalue weighted by Gasteiger charge is -2.04. The second-order valence-electron chi connectivity index (χ2n) is 3.51. The molecule has 0 saturated heterocycles. The molecule has 0 bridgehead atoms. The number of aromatic nitrogens is 2. The highest BCUT2D eigenvalue weighted by Crippen LogP contribution is 2.28. The summed E-state index contributed by atoms with van der Waals surface area (Å²) in [4.78, 5) is 2.28. The highest BCUT2D eigenvalue weighted by atomic mass is 32.1. The van der Waals surface area contributed by atoms with Crippen molar-refractivity contribution in [1.82, 2.24) is 9.78 Å². The number of thiophene rings is 1. The summed E-state index contributed by atoms with van der Waals surface area (Å²) < 4.78 is 1.70. The van der Waals surface area contributed by atoms with Gasteiger partial charge in [0, 0.05) is 28.6 Å². The Balaban J connectivity index is 2.23. The van der Waals surface area contributed by atoms with Crippen LogP contribution in [0.5, 0.6) is 0 Å². The number of aryl methyl sites for hydroxylation is 2. The monoisotopic (exact) mass is 222 g/mol. The lowest BCUT2D eigenvalue weighted by atomic mass is 10.2. The summed E-state index contributed by atoms with van der Waals surface area (Å²) in [6.07, 6.45) is 4.03. The molecule has 0 aliphatic heterocycles. The molecule has 0 amide bonds. The van der Waals surface area contributed by atoms with E-state index in [-0.39, 0.29) is 0 Å². The van der Waals surface area contributed by atoms with Crippen LogP contribution in [0.2, 0.25) is 0 Å². The van der Waals surface area contributed by atoms with Gasteiger partial charge in [0.15, 0.2) is 0 Å². The van der Waals surface area contributed by atoms with Crippen LogP contribution in [0, 0.1) is 0 Å². The van der Waals surface area contributed by atoms with Gasteiger partial charge in [-0.3, -0.25) is 4.68 Å². The third kappa shape index (κ3) is 2.11. The molecule has 0 aliphatic carbocycles. The van der Waals surface area contributed by atoms with Crippen LogP contribution in [0.3, 0.4) is 0 Å². The molecule has 0 fully saturated rings. The van der Waals surface area contributed by atoms with Crippen molar-refractivity contribution < 1.29 is 5.11 Å². The fourth-order valence-electron chi connectivity index (χ4n) is 1.48. The fourth-order valence-corrected chi connectivity index (χ4v) is 2.44. The van der Waals surface area contributed by atoms with Crippen molar-refractivity contribution in [2.24, 2.45) is 7.05 Å². The van der Waals surface area contributed by atoms with Crippen molar-refractivity contribution in [1.29, 1.82) is 0 Å². The minimum absolute atomic E-state index is 0.538. The van der Waals surface area contributed by atoms with E-state index in [4.69, 9.17) is 0 Å². The van der Waals surface area contributed by atoms with Crippen molar-refractivity contribution in [2.45, 2.75) is 19.4 Å². The Labute approximate surface area is 93.0 Å². The molecule has 2 rings (SSSR count).